The van der Waals surface area contributed by atoms with Crippen LogP contribution in [-0.4, -0.2) is 21.6 Å². The molecule has 104 valence electrons. The van der Waals surface area contributed by atoms with Gasteiger partial charge in [-0.2, -0.15) is 11.8 Å². The van der Waals surface area contributed by atoms with Crippen molar-refractivity contribution in [2.75, 3.05) is 12.0 Å². The first-order valence-corrected chi connectivity index (χ1v) is 8.34. The molecule has 0 spiro atoms. The number of aryl methyl sites for hydroxylation is 1. The van der Waals surface area contributed by atoms with Crippen molar-refractivity contribution in [3.63, 3.8) is 0 Å². The van der Waals surface area contributed by atoms with Crippen molar-refractivity contribution in [3.8, 4) is 0 Å². The van der Waals surface area contributed by atoms with Crippen LogP contribution < -0.4 is 5.73 Å². The van der Waals surface area contributed by atoms with Gasteiger partial charge in [0.15, 0.2) is 0 Å². The Kier molecular flexibility index (Phi) is 5.13. The first kappa shape index (κ1) is 14.7. The van der Waals surface area contributed by atoms with Crippen molar-refractivity contribution in [2.24, 2.45) is 5.73 Å². The van der Waals surface area contributed by atoms with E-state index >= 15 is 0 Å². The van der Waals surface area contributed by atoms with Gasteiger partial charge in [-0.3, -0.25) is 0 Å². The molecule has 0 aliphatic rings. The van der Waals surface area contributed by atoms with Crippen LogP contribution in [0.1, 0.15) is 31.6 Å². The zero-order valence-corrected chi connectivity index (χ0v) is 13.0. The summed E-state index contributed by atoms with van der Waals surface area (Å²) < 4.78 is 2.21. The predicted octanol–water partition coefficient (Wildman–Crippen LogP) is 3.85. The molecule has 0 saturated carbocycles. The third-order valence-corrected chi connectivity index (χ3v) is 4.03. The minimum absolute atomic E-state index is 0.00910. The summed E-state index contributed by atoms with van der Waals surface area (Å²) in [6.07, 6.45) is 4.10. The number of thioether (sulfide) groups is 1. The van der Waals surface area contributed by atoms with Gasteiger partial charge >= 0.3 is 0 Å². The molecule has 0 bridgehead atoms. The van der Waals surface area contributed by atoms with E-state index in [0.29, 0.717) is 0 Å². The zero-order valence-electron chi connectivity index (χ0n) is 11.4. The zero-order chi connectivity index (χ0) is 13.8. The van der Waals surface area contributed by atoms with Crippen molar-refractivity contribution in [1.29, 1.82) is 0 Å². The van der Waals surface area contributed by atoms with Gasteiger partial charge in [0, 0.05) is 11.6 Å². The van der Waals surface area contributed by atoms with Crippen LogP contribution in [0.2, 0.25) is 5.02 Å². The molecular weight excluding hydrogens is 278 g/mol. The summed E-state index contributed by atoms with van der Waals surface area (Å²) >= 11 is 7.90. The molecule has 2 aromatic rings. The number of hydrogen-bond donors (Lipinski definition) is 1. The summed E-state index contributed by atoms with van der Waals surface area (Å²) in [4.78, 5) is 4.70. The minimum Gasteiger partial charge on any atom is -0.327 e. The molecular formula is C14H20ClN3S. The molecule has 1 unspecified atom stereocenters. The average molecular weight is 298 g/mol. The maximum Gasteiger partial charge on any atom is 0.126 e. The van der Waals surface area contributed by atoms with Gasteiger partial charge in [-0.1, -0.05) is 18.5 Å². The van der Waals surface area contributed by atoms with E-state index in [0.717, 1.165) is 47.0 Å². The normalized spacial score (nSPS) is 13.1. The molecule has 2 rings (SSSR count). The Balaban J connectivity index is 2.43. The number of nitrogens with two attached hydrogens (primary N) is 1. The lowest BCUT2D eigenvalue weighted by atomic mass is 10.2. The van der Waals surface area contributed by atoms with Crippen molar-refractivity contribution >= 4 is 34.4 Å². The number of imidazole rings is 1. The fourth-order valence-corrected chi connectivity index (χ4v) is 2.89. The largest absolute Gasteiger partial charge is 0.327 e. The Labute approximate surface area is 123 Å². The van der Waals surface area contributed by atoms with Crippen LogP contribution >= 0.6 is 23.4 Å². The van der Waals surface area contributed by atoms with Gasteiger partial charge in [-0.05, 0) is 43.0 Å². The van der Waals surface area contributed by atoms with E-state index in [1.54, 1.807) is 0 Å². The Morgan fingerprint density at radius 2 is 2.26 bits per heavy atom. The molecule has 0 amide bonds. The Bertz CT molecular complexity index is 553. The highest BCUT2D eigenvalue weighted by molar-refractivity contribution is 7.98. The van der Waals surface area contributed by atoms with Crippen LogP contribution in [-0.2, 0) is 6.54 Å². The summed E-state index contributed by atoms with van der Waals surface area (Å²) in [7, 11) is 0. The van der Waals surface area contributed by atoms with Crippen molar-refractivity contribution in [2.45, 2.75) is 32.4 Å². The van der Waals surface area contributed by atoms with E-state index in [1.807, 2.05) is 30.0 Å². The molecule has 0 radical (unpaired) electrons. The summed E-state index contributed by atoms with van der Waals surface area (Å²) in [5.41, 5.74) is 8.35. The summed E-state index contributed by atoms with van der Waals surface area (Å²) in [6, 6.07) is 5.81. The van der Waals surface area contributed by atoms with Crippen LogP contribution in [0, 0.1) is 0 Å². The van der Waals surface area contributed by atoms with Gasteiger partial charge in [-0.25, -0.2) is 4.98 Å². The topological polar surface area (TPSA) is 43.8 Å². The fourth-order valence-electron chi connectivity index (χ4n) is 2.23. The van der Waals surface area contributed by atoms with Gasteiger partial charge in [0.05, 0.1) is 17.1 Å². The quantitative estimate of drug-likeness (QED) is 0.880. The molecule has 0 fully saturated rings. The summed E-state index contributed by atoms with van der Waals surface area (Å²) in [6.45, 7) is 3.09. The molecule has 19 heavy (non-hydrogen) atoms. The number of hydrogen-bond acceptors (Lipinski definition) is 3. The molecule has 0 aliphatic carbocycles. The second kappa shape index (κ2) is 6.64. The molecule has 1 aromatic heterocycles. The highest BCUT2D eigenvalue weighted by Crippen LogP contribution is 2.25. The molecule has 3 nitrogen and oxygen atoms in total. The van der Waals surface area contributed by atoms with E-state index < -0.39 is 0 Å². The van der Waals surface area contributed by atoms with Crippen molar-refractivity contribution < 1.29 is 0 Å². The SMILES string of the molecule is CCCn1c(C(N)CCSC)nc2ccc(Cl)cc21. The number of halogens is 1. The second-order valence-corrected chi connectivity index (χ2v) is 6.06. The van der Waals surface area contributed by atoms with Crippen LogP contribution in [0.15, 0.2) is 18.2 Å². The number of fused-ring (bicyclic) bond motifs is 1. The Hall–Kier alpha value is -0.710. The predicted molar refractivity (Wildman–Crippen MR) is 85.0 cm³/mol. The van der Waals surface area contributed by atoms with E-state index in [9.17, 15) is 0 Å². The molecule has 5 heteroatoms. The van der Waals surface area contributed by atoms with Crippen LogP contribution in [0.4, 0.5) is 0 Å². The van der Waals surface area contributed by atoms with Crippen molar-refractivity contribution in [3.05, 3.63) is 29.0 Å². The van der Waals surface area contributed by atoms with E-state index in [-0.39, 0.29) is 6.04 Å². The van der Waals surface area contributed by atoms with Crippen LogP contribution in [0.3, 0.4) is 0 Å². The van der Waals surface area contributed by atoms with E-state index in [4.69, 9.17) is 22.3 Å². The third-order valence-electron chi connectivity index (χ3n) is 3.15. The van der Waals surface area contributed by atoms with Gasteiger partial charge in [-0.15, -0.1) is 0 Å². The second-order valence-electron chi connectivity index (χ2n) is 4.64. The van der Waals surface area contributed by atoms with Gasteiger partial charge in [0.25, 0.3) is 0 Å². The highest BCUT2D eigenvalue weighted by atomic mass is 35.5. The maximum atomic E-state index is 6.28. The first-order valence-electron chi connectivity index (χ1n) is 6.57. The van der Waals surface area contributed by atoms with Crippen LogP contribution in [0.25, 0.3) is 11.0 Å². The monoisotopic (exact) mass is 297 g/mol. The van der Waals surface area contributed by atoms with E-state index in [1.165, 1.54) is 0 Å². The Morgan fingerprint density at radius 3 is 2.95 bits per heavy atom. The minimum atomic E-state index is -0.00910. The highest BCUT2D eigenvalue weighted by Gasteiger charge is 2.16. The molecule has 0 aliphatic heterocycles. The van der Waals surface area contributed by atoms with Gasteiger partial charge in [0.1, 0.15) is 5.82 Å². The number of nitrogens with zero attached hydrogens (tertiary/aromatic N) is 2. The molecule has 1 aromatic carbocycles. The maximum absolute atomic E-state index is 6.28. The first-order chi connectivity index (χ1) is 9.17. The molecule has 1 atom stereocenters. The Morgan fingerprint density at radius 1 is 1.47 bits per heavy atom. The number of aromatic nitrogens is 2. The third kappa shape index (κ3) is 3.25. The standard InChI is InChI=1S/C14H20ClN3S/c1-3-7-18-13-9-10(15)4-5-12(13)17-14(18)11(16)6-8-19-2/h4-5,9,11H,3,6-8,16H2,1-2H3. The molecule has 0 saturated heterocycles. The lowest BCUT2D eigenvalue weighted by Gasteiger charge is -2.13. The molecule has 1 heterocycles. The lowest BCUT2D eigenvalue weighted by molar-refractivity contribution is 0.578. The fraction of sp³-hybridized carbons (Fsp3) is 0.500. The summed E-state index contributed by atoms with van der Waals surface area (Å²) in [5, 5.41) is 0.744. The van der Waals surface area contributed by atoms with E-state index in [2.05, 4.69) is 17.7 Å². The van der Waals surface area contributed by atoms with Crippen molar-refractivity contribution in [1.82, 2.24) is 9.55 Å². The van der Waals surface area contributed by atoms with Gasteiger partial charge in [0.2, 0.25) is 0 Å². The van der Waals surface area contributed by atoms with Crippen LogP contribution in [0.5, 0.6) is 0 Å². The van der Waals surface area contributed by atoms with Gasteiger partial charge < -0.3 is 10.3 Å². The lowest BCUT2D eigenvalue weighted by Crippen LogP contribution is -2.17. The summed E-state index contributed by atoms with van der Waals surface area (Å²) in [5.74, 6) is 2.03. The average Bonchev–Trinajstić information content (AvgIpc) is 2.75. The smallest absolute Gasteiger partial charge is 0.126 e. The number of benzene rings is 1. The number of rotatable bonds is 6. The molecule has 2 N–H and O–H groups in total.